The second-order valence-corrected chi connectivity index (χ2v) is 6.01. The second-order valence-electron chi connectivity index (χ2n) is 5.09. The largest absolute Gasteiger partial charge is 0.309 e. The van der Waals surface area contributed by atoms with Gasteiger partial charge in [0, 0.05) is 17.4 Å². The first-order valence-electron chi connectivity index (χ1n) is 7.20. The number of hydrazone groups is 1. The number of aromatic nitrogens is 3. The lowest BCUT2D eigenvalue weighted by Crippen LogP contribution is -2.12. The Bertz CT molecular complexity index is 725. The van der Waals surface area contributed by atoms with Crippen LogP contribution in [-0.4, -0.2) is 20.5 Å². The Morgan fingerprint density at radius 2 is 2.05 bits per heavy atom. The molecule has 22 heavy (non-hydrogen) atoms. The lowest BCUT2D eigenvalue weighted by atomic mass is 10.2. The molecule has 0 fully saturated rings. The standard InChI is InChI=1S/C15H15BrN6/c16-11-5-7-12(8-6-11)18-19-13(10-17)15-21-20-14-4-2-1-3-9-22(14)15/h5-8,18H,1-4,9H2/b19-13+. The van der Waals surface area contributed by atoms with Crippen LogP contribution in [0.5, 0.6) is 0 Å². The summed E-state index contributed by atoms with van der Waals surface area (Å²) in [6.45, 7) is 0.844. The van der Waals surface area contributed by atoms with Gasteiger partial charge in [-0.05, 0) is 37.1 Å². The number of halogens is 1. The molecule has 0 unspecified atom stereocenters. The molecule has 0 bridgehead atoms. The summed E-state index contributed by atoms with van der Waals surface area (Å²) in [5.74, 6) is 1.49. The molecule has 7 heteroatoms. The summed E-state index contributed by atoms with van der Waals surface area (Å²) < 4.78 is 3.00. The van der Waals surface area contributed by atoms with Gasteiger partial charge in [0.2, 0.25) is 5.71 Å². The molecule has 0 spiro atoms. The van der Waals surface area contributed by atoms with E-state index in [1.165, 1.54) is 6.42 Å². The van der Waals surface area contributed by atoms with Crippen molar-refractivity contribution in [2.45, 2.75) is 32.2 Å². The van der Waals surface area contributed by atoms with Crippen molar-refractivity contribution in [3.05, 3.63) is 40.4 Å². The van der Waals surface area contributed by atoms with Gasteiger partial charge in [-0.15, -0.1) is 10.2 Å². The zero-order chi connectivity index (χ0) is 15.4. The van der Waals surface area contributed by atoms with Crippen LogP contribution < -0.4 is 5.43 Å². The number of nitriles is 1. The zero-order valence-corrected chi connectivity index (χ0v) is 13.5. The zero-order valence-electron chi connectivity index (χ0n) is 12.0. The minimum Gasteiger partial charge on any atom is -0.309 e. The van der Waals surface area contributed by atoms with Crippen LogP contribution in [0.15, 0.2) is 33.8 Å². The fourth-order valence-electron chi connectivity index (χ4n) is 2.43. The van der Waals surface area contributed by atoms with Crippen LogP contribution in [0.1, 0.15) is 30.9 Å². The van der Waals surface area contributed by atoms with E-state index in [4.69, 9.17) is 0 Å². The molecule has 2 heterocycles. The number of nitrogens with zero attached hydrogens (tertiary/aromatic N) is 5. The topological polar surface area (TPSA) is 78.9 Å². The number of aryl methyl sites for hydroxylation is 1. The second kappa shape index (κ2) is 6.71. The fraction of sp³-hybridized carbons (Fsp3) is 0.333. The van der Waals surface area contributed by atoms with Crippen LogP contribution in [0.2, 0.25) is 0 Å². The quantitative estimate of drug-likeness (QED) is 0.675. The minimum absolute atomic E-state index is 0.253. The van der Waals surface area contributed by atoms with Gasteiger partial charge in [-0.3, -0.25) is 5.43 Å². The average molecular weight is 359 g/mol. The van der Waals surface area contributed by atoms with Gasteiger partial charge in [-0.2, -0.15) is 10.4 Å². The first-order valence-corrected chi connectivity index (χ1v) is 7.99. The van der Waals surface area contributed by atoms with Crippen LogP contribution in [0.4, 0.5) is 5.69 Å². The van der Waals surface area contributed by atoms with Crippen molar-refractivity contribution >= 4 is 27.3 Å². The van der Waals surface area contributed by atoms with E-state index in [1.54, 1.807) is 0 Å². The molecule has 0 saturated carbocycles. The Kier molecular flexibility index (Phi) is 4.49. The number of anilines is 1. The number of nitrogens with one attached hydrogen (secondary N) is 1. The molecular weight excluding hydrogens is 344 g/mol. The van der Waals surface area contributed by atoms with Crippen molar-refractivity contribution in [3.63, 3.8) is 0 Å². The summed E-state index contributed by atoms with van der Waals surface area (Å²) in [5, 5.41) is 21.9. The average Bonchev–Trinajstić information content (AvgIpc) is 2.79. The monoisotopic (exact) mass is 358 g/mol. The molecule has 0 amide bonds. The first-order chi connectivity index (χ1) is 10.8. The van der Waals surface area contributed by atoms with Crippen molar-refractivity contribution < 1.29 is 0 Å². The van der Waals surface area contributed by atoms with E-state index < -0.39 is 0 Å². The van der Waals surface area contributed by atoms with E-state index in [0.717, 1.165) is 41.8 Å². The molecule has 0 saturated heterocycles. The van der Waals surface area contributed by atoms with Crippen molar-refractivity contribution in [1.82, 2.24) is 14.8 Å². The Morgan fingerprint density at radius 1 is 1.23 bits per heavy atom. The van der Waals surface area contributed by atoms with Crippen molar-refractivity contribution in [3.8, 4) is 6.07 Å². The third kappa shape index (κ3) is 3.17. The van der Waals surface area contributed by atoms with Crippen LogP contribution >= 0.6 is 15.9 Å². The maximum absolute atomic E-state index is 9.38. The fourth-order valence-corrected chi connectivity index (χ4v) is 2.69. The molecular formula is C15H15BrN6. The predicted octanol–water partition coefficient (Wildman–Crippen LogP) is 3.11. The molecule has 1 aliphatic rings. The summed E-state index contributed by atoms with van der Waals surface area (Å²) in [4.78, 5) is 0. The lowest BCUT2D eigenvalue weighted by Gasteiger charge is -2.05. The van der Waals surface area contributed by atoms with E-state index in [9.17, 15) is 5.26 Å². The molecule has 1 aromatic heterocycles. The van der Waals surface area contributed by atoms with E-state index in [-0.39, 0.29) is 5.71 Å². The van der Waals surface area contributed by atoms with Crippen LogP contribution in [0, 0.1) is 11.3 Å². The Morgan fingerprint density at radius 3 is 2.82 bits per heavy atom. The molecule has 0 atom stereocenters. The molecule has 112 valence electrons. The number of hydrogen-bond acceptors (Lipinski definition) is 5. The van der Waals surface area contributed by atoms with Gasteiger partial charge in [0.05, 0.1) is 5.69 Å². The van der Waals surface area contributed by atoms with Crippen molar-refractivity contribution in [2.75, 3.05) is 5.43 Å². The summed E-state index contributed by atoms with van der Waals surface area (Å²) in [6.07, 6.45) is 4.29. The van der Waals surface area contributed by atoms with E-state index >= 15 is 0 Å². The normalized spacial score (nSPS) is 14.8. The predicted molar refractivity (Wildman–Crippen MR) is 87.5 cm³/mol. The van der Waals surface area contributed by atoms with E-state index in [1.807, 2.05) is 28.8 Å². The number of benzene rings is 1. The van der Waals surface area contributed by atoms with Crippen molar-refractivity contribution in [2.24, 2.45) is 5.10 Å². The summed E-state index contributed by atoms with van der Waals surface area (Å²) in [6, 6.07) is 9.69. The van der Waals surface area contributed by atoms with Gasteiger partial charge >= 0.3 is 0 Å². The summed E-state index contributed by atoms with van der Waals surface area (Å²) in [5.41, 5.74) is 3.96. The Labute approximate surface area is 137 Å². The number of hydrogen-bond donors (Lipinski definition) is 1. The van der Waals surface area contributed by atoms with Crippen molar-refractivity contribution in [1.29, 1.82) is 5.26 Å². The highest BCUT2D eigenvalue weighted by Crippen LogP contribution is 2.16. The van der Waals surface area contributed by atoms with Gasteiger partial charge in [0.1, 0.15) is 11.9 Å². The smallest absolute Gasteiger partial charge is 0.205 e. The Balaban J connectivity index is 1.85. The maximum atomic E-state index is 9.38. The van der Waals surface area contributed by atoms with Gasteiger partial charge in [0.25, 0.3) is 0 Å². The third-order valence-electron chi connectivity index (χ3n) is 3.57. The van der Waals surface area contributed by atoms with E-state index in [0.29, 0.717) is 5.82 Å². The number of fused-ring (bicyclic) bond motifs is 1. The van der Waals surface area contributed by atoms with Gasteiger partial charge in [-0.25, -0.2) is 0 Å². The molecule has 1 N–H and O–H groups in total. The summed E-state index contributed by atoms with van der Waals surface area (Å²) in [7, 11) is 0. The van der Waals surface area contributed by atoms with Gasteiger partial charge < -0.3 is 4.57 Å². The summed E-state index contributed by atoms with van der Waals surface area (Å²) >= 11 is 3.38. The third-order valence-corrected chi connectivity index (χ3v) is 4.10. The SMILES string of the molecule is N#C/C(=N\Nc1ccc(Br)cc1)c1nnc2n1CCCCC2. The number of rotatable bonds is 3. The maximum Gasteiger partial charge on any atom is 0.205 e. The van der Waals surface area contributed by atoms with Crippen LogP contribution in [-0.2, 0) is 13.0 Å². The van der Waals surface area contributed by atoms with E-state index in [2.05, 4.69) is 42.7 Å². The van der Waals surface area contributed by atoms with Crippen LogP contribution in [0.3, 0.4) is 0 Å². The molecule has 1 aromatic carbocycles. The lowest BCUT2D eigenvalue weighted by molar-refractivity contribution is 0.628. The highest BCUT2D eigenvalue weighted by molar-refractivity contribution is 9.10. The molecule has 2 aromatic rings. The van der Waals surface area contributed by atoms with Crippen LogP contribution in [0.25, 0.3) is 0 Å². The molecule has 6 nitrogen and oxygen atoms in total. The first kappa shape index (κ1) is 14.7. The Hall–Kier alpha value is -2.20. The molecule has 3 rings (SSSR count). The highest BCUT2D eigenvalue weighted by atomic mass is 79.9. The van der Waals surface area contributed by atoms with Gasteiger partial charge in [-0.1, -0.05) is 22.4 Å². The van der Waals surface area contributed by atoms with Gasteiger partial charge in [0.15, 0.2) is 5.82 Å². The minimum atomic E-state index is 0.253. The molecule has 0 aliphatic carbocycles. The molecule has 1 aliphatic heterocycles. The molecule has 0 radical (unpaired) electrons. The highest BCUT2D eigenvalue weighted by Gasteiger charge is 2.18.